The smallest absolute Gasteiger partial charge is 0.318 e. The van der Waals surface area contributed by atoms with Gasteiger partial charge in [-0.1, -0.05) is 54.1 Å². The van der Waals surface area contributed by atoms with Crippen molar-refractivity contribution in [3.05, 3.63) is 70.8 Å². The van der Waals surface area contributed by atoms with Crippen molar-refractivity contribution in [1.29, 1.82) is 0 Å². The monoisotopic (exact) mass is 378 g/mol. The van der Waals surface area contributed by atoms with Gasteiger partial charge in [0.2, 0.25) is 0 Å². The SMILES string of the molecule is Cc1ccc(CN(C(=O)NC2CCC(O)CC2)C2CCc3ccccc32)cc1. The first-order valence-corrected chi connectivity index (χ1v) is 10.5. The summed E-state index contributed by atoms with van der Waals surface area (Å²) < 4.78 is 0. The average Bonchev–Trinajstić information content (AvgIpc) is 3.13. The number of rotatable bonds is 4. The molecule has 2 amide bonds. The Morgan fingerprint density at radius 1 is 1.04 bits per heavy atom. The lowest BCUT2D eigenvalue weighted by atomic mass is 9.93. The van der Waals surface area contributed by atoms with E-state index in [4.69, 9.17) is 0 Å². The Morgan fingerprint density at radius 3 is 2.50 bits per heavy atom. The molecule has 1 saturated carbocycles. The second-order valence-corrected chi connectivity index (χ2v) is 8.32. The Morgan fingerprint density at radius 2 is 1.75 bits per heavy atom. The van der Waals surface area contributed by atoms with Crippen LogP contribution in [0.3, 0.4) is 0 Å². The van der Waals surface area contributed by atoms with Crippen molar-refractivity contribution in [2.24, 2.45) is 0 Å². The van der Waals surface area contributed by atoms with E-state index in [0.29, 0.717) is 6.54 Å². The van der Waals surface area contributed by atoms with Gasteiger partial charge in [0.25, 0.3) is 0 Å². The van der Waals surface area contributed by atoms with Crippen LogP contribution in [0, 0.1) is 6.92 Å². The number of aliphatic hydroxyl groups is 1. The van der Waals surface area contributed by atoms with Crippen LogP contribution in [0.1, 0.15) is 60.4 Å². The molecule has 4 heteroatoms. The maximum absolute atomic E-state index is 13.3. The van der Waals surface area contributed by atoms with Crippen LogP contribution in [0.4, 0.5) is 4.79 Å². The Balaban J connectivity index is 1.54. The zero-order valence-electron chi connectivity index (χ0n) is 16.6. The molecule has 4 rings (SSSR count). The number of fused-ring (bicyclic) bond motifs is 1. The molecule has 0 aromatic heterocycles. The molecule has 1 unspecified atom stereocenters. The Kier molecular flexibility index (Phi) is 5.67. The fourth-order valence-corrected chi connectivity index (χ4v) is 4.55. The molecule has 4 nitrogen and oxygen atoms in total. The number of aryl methyl sites for hydroxylation is 2. The standard InChI is InChI=1S/C24H30N2O2/c1-17-6-8-18(9-7-17)16-26(23-15-10-19-4-2-3-5-22(19)23)24(28)25-20-11-13-21(27)14-12-20/h2-9,20-21,23,27H,10-16H2,1H3,(H,25,28). The van der Waals surface area contributed by atoms with Gasteiger partial charge in [0.15, 0.2) is 0 Å². The van der Waals surface area contributed by atoms with E-state index in [0.717, 1.165) is 44.1 Å². The van der Waals surface area contributed by atoms with Gasteiger partial charge in [0, 0.05) is 12.6 Å². The molecule has 148 valence electrons. The molecule has 2 aromatic carbocycles. The first-order chi connectivity index (χ1) is 13.6. The summed E-state index contributed by atoms with van der Waals surface area (Å²) in [5.41, 5.74) is 5.02. The Bertz CT molecular complexity index is 810. The van der Waals surface area contributed by atoms with Crippen LogP contribution in [0.15, 0.2) is 48.5 Å². The van der Waals surface area contributed by atoms with Gasteiger partial charge in [0.1, 0.15) is 0 Å². The predicted octanol–water partition coefficient (Wildman–Crippen LogP) is 4.50. The van der Waals surface area contributed by atoms with Crippen molar-refractivity contribution in [3.8, 4) is 0 Å². The Labute approximate surface area is 167 Å². The quantitative estimate of drug-likeness (QED) is 0.823. The number of carbonyl (C=O) groups is 1. The normalized spacial score (nSPS) is 23.9. The number of benzene rings is 2. The van der Waals surface area contributed by atoms with E-state index < -0.39 is 0 Å². The predicted molar refractivity (Wildman–Crippen MR) is 111 cm³/mol. The van der Waals surface area contributed by atoms with E-state index in [1.807, 2.05) is 4.90 Å². The first kappa shape index (κ1) is 19.0. The molecule has 2 aromatic rings. The van der Waals surface area contributed by atoms with Gasteiger partial charge in [-0.25, -0.2) is 4.79 Å². The highest BCUT2D eigenvalue weighted by Crippen LogP contribution is 2.36. The molecular formula is C24H30N2O2. The molecular weight excluding hydrogens is 348 g/mol. The van der Waals surface area contributed by atoms with E-state index in [9.17, 15) is 9.90 Å². The average molecular weight is 379 g/mol. The third-order valence-corrected chi connectivity index (χ3v) is 6.24. The number of nitrogens with one attached hydrogen (secondary N) is 1. The summed E-state index contributed by atoms with van der Waals surface area (Å²) in [6.45, 7) is 2.69. The van der Waals surface area contributed by atoms with Gasteiger partial charge in [0.05, 0.1) is 12.1 Å². The van der Waals surface area contributed by atoms with Crippen molar-refractivity contribution in [1.82, 2.24) is 10.2 Å². The van der Waals surface area contributed by atoms with E-state index in [-0.39, 0.29) is 24.2 Å². The molecule has 0 spiro atoms. The topological polar surface area (TPSA) is 52.6 Å². The van der Waals surface area contributed by atoms with Gasteiger partial charge < -0.3 is 15.3 Å². The molecule has 0 radical (unpaired) electrons. The number of urea groups is 1. The van der Waals surface area contributed by atoms with E-state index in [2.05, 4.69) is 60.8 Å². The molecule has 1 atom stereocenters. The maximum Gasteiger partial charge on any atom is 0.318 e. The highest BCUT2D eigenvalue weighted by atomic mass is 16.3. The van der Waals surface area contributed by atoms with Crippen LogP contribution >= 0.6 is 0 Å². The summed E-state index contributed by atoms with van der Waals surface area (Å²) in [5, 5.41) is 13.0. The number of amides is 2. The van der Waals surface area contributed by atoms with E-state index in [1.165, 1.54) is 16.7 Å². The lowest BCUT2D eigenvalue weighted by molar-refractivity contribution is 0.112. The highest BCUT2D eigenvalue weighted by molar-refractivity contribution is 5.75. The number of hydrogen-bond acceptors (Lipinski definition) is 2. The second kappa shape index (κ2) is 8.36. The van der Waals surface area contributed by atoms with Crippen molar-refractivity contribution < 1.29 is 9.90 Å². The van der Waals surface area contributed by atoms with Gasteiger partial charge in [-0.2, -0.15) is 0 Å². The summed E-state index contributed by atoms with van der Waals surface area (Å²) >= 11 is 0. The lowest BCUT2D eigenvalue weighted by Crippen LogP contribution is -2.47. The molecule has 0 heterocycles. The summed E-state index contributed by atoms with van der Waals surface area (Å²) in [6, 6.07) is 17.2. The third-order valence-electron chi connectivity index (χ3n) is 6.24. The number of nitrogens with zero attached hydrogens (tertiary/aromatic N) is 1. The van der Waals surface area contributed by atoms with Crippen molar-refractivity contribution in [3.63, 3.8) is 0 Å². The minimum absolute atomic E-state index is 0.0173. The fourth-order valence-electron chi connectivity index (χ4n) is 4.55. The molecule has 28 heavy (non-hydrogen) atoms. The molecule has 1 fully saturated rings. The molecule has 2 N–H and O–H groups in total. The Hall–Kier alpha value is -2.33. The van der Waals surface area contributed by atoms with Crippen LogP contribution in [0.5, 0.6) is 0 Å². The van der Waals surface area contributed by atoms with Crippen molar-refractivity contribution in [2.75, 3.05) is 0 Å². The fraction of sp³-hybridized carbons (Fsp3) is 0.458. The zero-order valence-corrected chi connectivity index (χ0v) is 16.6. The van der Waals surface area contributed by atoms with Crippen molar-refractivity contribution >= 4 is 6.03 Å². The zero-order chi connectivity index (χ0) is 19.5. The minimum atomic E-state index is -0.210. The van der Waals surface area contributed by atoms with Gasteiger partial charge in [-0.05, 0) is 62.1 Å². The first-order valence-electron chi connectivity index (χ1n) is 10.5. The molecule has 0 bridgehead atoms. The third kappa shape index (κ3) is 4.22. The summed E-state index contributed by atoms with van der Waals surface area (Å²) in [4.78, 5) is 15.3. The molecule has 0 aliphatic heterocycles. The number of hydrogen-bond donors (Lipinski definition) is 2. The van der Waals surface area contributed by atoms with Crippen LogP contribution in [0.2, 0.25) is 0 Å². The van der Waals surface area contributed by atoms with Gasteiger partial charge in [-0.3, -0.25) is 0 Å². The molecule has 2 aliphatic carbocycles. The van der Waals surface area contributed by atoms with Crippen LogP contribution in [-0.4, -0.2) is 28.2 Å². The number of aliphatic hydroxyl groups excluding tert-OH is 1. The second-order valence-electron chi connectivity index (χ2n) is 8.32. The summed E-state index contributed by atoms with van der Waals surface area (Å²) in [5.74, 6) is 0. The van der Waals surface area contributed by atoms with Crippen LogP contribution in [0.25, 0.3) is 0 Å². The summed E-state index contributed by atoms with van der Waals surface area (Å²) in [7, 11) is 0. The van der Waals surface area contributed by atoms with Crippen LogP contribution in [-0.2, 0) is 13.0 Å². The molecule has 0 saturated heterocycles. The van der Waals surface area contributed by atoms with Crippen molar-refractivity contribution in [2.45, 2.75) is 70.2 Å². The molecule has 2 aliphatic rings. The van der Waals surface area contributed by atoms with Gasteiger partial charge in [-0.15, -0.1) is 0 Å². The summed E-state index contributed by atoms with van der Waals surface area (Å²) in [6.07, 6.45) is 5.04. The van der Waals surface area contributed by atoms with Gasteiger partial charge >= 0.3 is 6.03 Å². The highest BCUT2D eigenvalue weighted by Gasteiger charge is 2.32. The van der Waals surface area contributed by atoms with E-state index >= 15 is 0 Å². The largest absolute Gasteiger partial charge is 0.393 e. The minimum Gasteiger partial charge on any atom is -0.393 e. The maximum atomic E-state index is 13.3. The van der Waals surface area contributed by atoms with Crippen LogP contribution < -0.4 is 5.32 Å². The number of carbonyl (C=O) groups excluding carboxylic acids is 1. The lowest BCUT2D eigenvalue weighted by Gasteiger charge is -2.33. The van der Waals surface area contributed by atoms with E-state index in [1.54, 1.807) is 0 Å².